The maximum atomic E-state index is 12.1. The molecule has 1 aromatic heterocycles. The lowest BCUT2D eigenvalue weighted by Gasteiger charge is -2.10. The van der Waals surface area contributed by atoms with Gasteiger partial charge in [-0.2, -0.15) is 5.26 Å². The minimum absolute atomic E-state index is 0.138. The fourth-order valence-corrected chi connectivity index (χ4v) is 1.65. The number of pyridine rings is 1. The zero-order valence-corrected chi connectivity index (χ0v) is 10.8. The number of hydrogen-bond donors (Lipinski definition) is 2. The normalized spacial score (nSPS) is 9.60. The summed E-state index contributed by atoms with van der Waals surface area (Å²) in [5.74, 6) is -0.0435. The van der Waals surface area contributed by atoms with Crippen LogP contribution in [0.4, 0.5) is 11.4 Å². The minimum atomic E-state index is -0.439. The number of nitrogen functional groups attached to an aromatic ring is 1. The highest BCUT2D eigenvalue weighted by Gasteiger charge is 2.13. The molecule has 3 N–H and O–H groups in total. The average molecular weight is 268 g/mol. The molecule has 0 bridgehead atoms. The van der Waals surface area contributed by atoms with Gasteiger partial charge >= 0.3 is 0 Å². The summed E-state index contributed by atoms with van der Waals surface area (Å²) in [6.45, 7) is 0. The van der Waals surface area contributed by atoms with Gasteiger partial charge in [0.25, 0.3) is 5.91 Å². The summed E-state index contributed by atoms with van der Waals surface area (Å²) in [5, 5.41) is 11.5. The van der Waals surface area contributed by atoms with E-state index in [-0.39, 0.29) is 11.4 Å². The van der Waals surface area contributed by atoms with Gasteiger partial charge in [-0.1, -0.05) is 0 Å². The van der Waals surface area contributed by atoms with Crippen LogP contribution in [0.5, 0.6) is 5.75 Å². The van der Waals surface area contributed by atoms with Gasteiger partial charge in [0.05, 0.1) is 30.1 Å². The number of rotatable bonds is 3. The topological polar surface area (TPSA) is 101 Å². The number of methoxy groups -OCH3 is 1. The first kappa shape index (κ1) is 13.4. The van der Waals surface area contributed by atoms with Crippen LogP contribution in [0.3, 0.4) is 0 Å². The molecule has 100 valence electrons. The van der Waals surface area contributed by atoms with Gasteiger partial charge in [-0.15, -0.1) is 0 Å². The van der Waals surface area contributed by atoms with Crippen molar-refractivity contribution < 1.29 is 9.53 Å². The second-order valence-corrected chi connectivity index (χ2v) is 3.92. The summed E-state index contributed by atoms with van der Waals surface area (Å²) >= 11 is 0. The summed E-state index contributed by atoms with van der Waals surface area (Å²) in [6.07, 6.45) is 1.49. The first-order chi connectivity index (χ1) is 9.65. The van der Waals surface area contributed by atoms with Crippen LogP contribution in [0, 0.1) is 11.3 Å². The van der Waals surface area contributed by atoms with Crippen LogP contribution in [0.25, 0.3) is 0 Å². The number of anilines is 2. The zero-order valence-electron chi connectivity index (χ0n) is 10.8. The van der Waals surface area contributed by atoms with Crippen LogP contribution in [0.15, 0.2) is 36.5 Å². The average Bonchev–Trinajstić information content (AvgIpc) is 2.48. The predicted octanol–water partition coefficient (Wildman–Crippen LogP) is 1.80. The van der Waals surface area contributed by atoms with Gasteiger partial charge in [0.1, 0.15) is 5.75 Å². The fourth-order valence-electron chi connectivity index (χ4n) is 1.65. The third-order valence-corrected chi connectivity index (χ3v) is 2.63. The molecule has 2 aromatic rings. The third kappa shape index (κ3) is 2.67. The van der Waals surface area contributed by atoms with Gasteiger partial charge in [-0.05, 0) is 24.3 Å². The second kappa shape index (κ2) is 5.71. The molecule has 0 fully saturated rings. The van der Waals surface area contributed by atoms with E-state index in [1.807, 2.05) is 6.07 Å². The van der Waals surface area contributed by atoms with Crippen LogP contribution in [-0.2, 0) is 0 Å². The number of ether oxygens (including phenoxy) is 1. The number of carbonyl (C=O) groups excluding carboxylic acids is 1. The van der Waals surface area contributed by atoms with E-state index in [2.05, 4.69) is 10.3 Å². The number of nitriles is 1. The summed E-state index contributed by atoms with van der Waals surface area (Å²) in [4.78, 5) is 16.0. The maximum absolute atomic E-state index is 12.1. The van der Waals surface area contributed by atoms with E-state index >= 15 is 0 Å². The van der Waals surface area contributed by atoms with E-state index in [4.69, 9.17) is 15.7 Å². The number of nitrogens with zero attached hydrogens (tertiary/aromatic N) is 2. The molecule has 0 atom stereocenters. The van der Waals surface area contributed by atoms with Crippen LogP contribution in [-0.4, -0.2) is 18.0 Å². The molecule has 0 aliphatic rings. The molecule has 0 unspecified atom stereocenters. The smallest absolute Gasteiger partial charge is 0.276 e. The number of nitrogens with one attached hydrogen (secondary N) is 1. The standard InChI is InChI=1S/C14H12N4O2/c1-20-12-7-9(8-15)4-5-11(12)18-14(19)13-10(16)3-2-6-17-13/h2-7H,16H2,1H3,(H,18,19). The molecule has 20 heavy (non-hydrogen) atoms. The number of aromatic nitrogens is 1. The summed E-state index contributed by atoms with van der Waals surface area (Å²) < 4.78 is 5.14. The highest BCUT2D eigenvalue weighted by atomic mass is 16.5. The van der Waals surface area contributed by atoms with Crippen molar-refractivity contribution >= 4 is 17.3 Å². The van der Waals surface area contributed by atoms with E-state index in [0.717, 1.165) is 0 Å². The molecule has 0 aliphatic heterocycles. The minimum Gasteiger partial charge on any atom is -0.495 e. The lowest BCUT2D eigenvalue weighted by atomic mass is 10.2. The molecule has 0 spiro atoms. The van der Waals surface area contributed by atoms with Crippen molar-refractivity contribution in [1.29, 1.82) is 5.26 Å². The Balaban J connectivity index is 2.29. The molecular weight excluding hydrogens is 256 g/mol. The van der Waals surface area contributed by atoms with Crippen LogP contribution in [0.1, 0.15) is 16.1 Å². The van der Waals surface area contributed by atoms with Gasteiger partial charge in [-0.25, -0.2) is 4.98 Å². The Morgan fingerprint density at radius 2 is 2.25 bits per heavy atom. The summed E-state index contributed by atoms with van der Waals surface area (Å²) in [5.41, 5.74) is 7.01. The highest BCUT2D eigenvalue weighted by Crippen LogP contribution is 2.26. The number of benzene rings is 1. The van der Waals surface area contributed by atoms with E-state index in [1.165, 1.54) is 19.4 Å². The molecule has 0 saturated heterocycles. The van der Waals surface area contributed by atoms with Crippen molar-refractivity contribution in [3.63, 3.8) is 0 Å². The Morgan fingerprint density at radius 1 is 1.45 bits per heavy atom. The molecule has 6 heteroatoms. The Kier molecular flexibility index (Phi) is 3.82. The number of nitrogens with two attached hydrogens (primary N) is 1. The van der Waals surface area contributed by atoms with Crippen LogP contribution in [0.2, 0.25) is 0 Å². The Hall–Kier alpha value is -3.07. The maximum Gasteiger partial charge on any atom is 0.276 e. The van der Waals surface area contributed by atoms with E-state index in [0.29, 0.717) is 17.0 Å². The van der Waals surface area contributed by atoms with Crippen molar-refractivity contribution in [2.45, 2.75) is 0 Å². The first-order valence-corrected chi connectivity index (χ1v) is 5.75. The van der Waals surface area contributed by atoms with E-state index in [9.17, 15) is 4.79 Å². The fraction of sp³-hybridized carbons (Fsp3) is 0.0714. The molecule has 1 aromatic carbocycles. The highest BCUT2D eigenvalue weighted by molar-refractivity contribution is 6.06. The third-order valence-electron chi connectivity index (χ3n) is 2.63. The predicted molar refractivity (Wildman–Crippen MR) is 74.3 cm³/mol. The van der Waals surface area contributed by atoms with E-state index in [1.54, 1.807) is 24.3 Å². The first-order valence-electron chi connectivity index (χ1n) is 5.75. The lowest BCUT2D eigenvalue weighted by Crippen LogP contribution is -2.16. The largest absolute Gasteiger partial charge is 0.495 e. The van der Waals surface area contributed by atoms with Crippen molar-refractivity contribution in [1.82, 2.24) is 4.98 Å². The molecule has 2 rings (SSSR count). The number of amides is 1. The zero-order chi connectivity index (χ0) is 14.5. The van der Waals surface area contributed by atoms with Gasteiger partial charge in [0.15, 0.2) is 5.69 Å². The number of hydrogen-bond acceptors (Lipinski definition) is 5. The Labute approximate surface area is 115 Å². The van der Waals surface area contributed by atoms with Gasteiger partial charge in [-0.3, -0.25) is 4.79 Å². The van der Waals surface area contributed by atoms with Gasteiger partial charge < -0.3 is 15.8 Å². The van der Waals surface area contributed by atoms with Crippen molar-refractivity contribution in [2.75, 3.05) is 18.2 Å². The number of carbonyl (C=O) groups is 1. The molecule has 1 amide bonds. The monoisotopic (exact) mass is 268 g/mol. The quantitative estimate of drug-likeness (QED) is 0.883. The molecule has 0 saturated carbocycles. The van der Waals surface area contributed by atoms with E-state index < -0.39 is 5.91 Å². The molecule has 6 nitrogen and oxygen atoms in total. The molecule has 1 heterocycles. The second-order valence-electron chi connectivity index (χ2n) is 3.92. The van der Waals surface area contributed by atoms with Crippen LogP contribution < -0.4 is 15.8 Å². The van der Waals surface area contributed by atoms with Crippen LogP contribution >= 0.6 is 0 Å². The van der Waals surface area contributed by atoms with Crippen molar-refractivity contribution in [3.8, 4) is 11.8 Å². The van der Waals surface area contributed by atoms with Crippen molar-refractivity contribution in [2.24, 2.45) is 0 Å². The SMILES string of the molecule is COc1cc(C#N)ccc1NC(=O)c1ncccc1N. The molecular formula is C14H12N4O2. The Morgan fingerprint density at radius 3 is 2.90 bits per heavy atom. The lowest BCUT2D eigenvalue weighted by molar-refractivity contribution is 0.102. The summed E-state index contributed by atoms with van der Waals surface area (Å²) in [7, 11) is 1.46. The molecule has 0 radical (unpaired) electrons. The summed E-state index contributed by atoms with van der Waals surface area (Å²) in [6, 6.07) is 9.95. The van der Waals surface area contributed by atoms with Gasteiger partial charge in [0, 0.05) is 12.3 Å². The van der Waals surface area contributed by atoms with Crippen molar-refractivity contribution in [3.05, 3.63) is 47.8 Å². The Bertz CT molecular complexity index is 692. The van der Waals surface area contributed by atoms with Gasteiger partial charge in [0.2, 0.25) is 0 Å². The molecule has 0 aliphatic carbocycles.